The van der Waals surface area contributed by atoms with Gasteiger partial charge < -0.3 is 9.80 Å². The van der Waals surface area contributed by atoms with Crippen LogP contribution < -0.4 is 4.31 Å². The van der Waals surface area contributed by atoms with E-state index in [4.69, 9.17) is 11.6 Å². The highest BCUT2D eigenvalue weighted by Gasteiger charge is 2.23. The first-order valence-electron chi connectivity index (χ1n) is 6.91. The molecule has 1 aromatic carbocycles. The summed E-state index contributed by atoms with van der Waals surface area (Å²) >= 11 is 6.19. The number of likely N-dealkylation sites (N-methyl/N-ethyl adjacent to an activating group) is 1. The second-order valence-corrected chi connectivity index (χ2v) is 7.91. The fraction of sp³-hybridized carbons (Fsp3) is 0.500. The maximum absolute atomic E-state index is 12.5. The lowest BCUT2D eigenvalue weighted by atomic mass is 10.1. The summed E-state index contributed by atoms with van der Waals surface area (Å²) < 4.78 is 24.2. The minimum absolute atomic E-state index is 0.119. The Bertz CT molecular complexity index is 670. The average molecular weight is 346 g/mol. The number of hydrogen-bond acceptors (Lipinski definition) is 4. The second-order valence-electron chi connectivity index (χ2n) is 5.49. The molecule has 0 saturated carbocycles. The standard InChI is InChI=1S/C14H20ClN3O3S/c1-16-6-8-18(9-7-16)14(19)12-5-4-11(10-13(12)15)17(2)22(3,20)21/h4-5,10H,6-9H2,1-3H3. The van der Waals surface area contributed by atoms with E-state index in [9.17, 15) is 13.2 Å². The van der Waals surface area contributed by atoms with Crippen LogP contribution in [0.5, 0.6) is 0 Å². The van der Waals surface area contributed by atoms with E-state index in [1.807, 2.05) is 7.05 Å². The van der Waals surface area contributed by atoms with Crippen molar-refractivity contribution < 1.29 is 13.2 Å². The first-order chi connectivity index (χ1) is 10.2. The molecule has 0 radical (unpaired) electrons. The van der Waals surface area contributed by atoms with Gasteiger partial charge in [0.25, 0.3) is 5.91 Å². The number of rotatable bonds is 3. The maximum Gasteiger partial charge on any atom is 0.255 e. The fourth-order valence-corrected chi connectivity index (χ4v) is 3.00. The quantitative estimate of drug-likeness (QED) is 0.823. The molecule has 0 aliphatic carbocycles. The number of hydrogen-bond donors (Lipinski definition) is 0. The lowest BCUT2D eigenvalue weighted by Crippen LogP contribution is -2.47. The molecule has 0 spiro atoms. The van der Waals surface area contributed by atoms with Crippen molar-refractivity contribution in [2.24, 2.45) is 0 Å². The first kappa shape index (κ1) is 17.1. The van der Waals surface area contributed by atoms with E-state index in [1.54, 1.807) is 17.0 Å². The predicted molar refractivity (Wildman–Crippen MR) is 88.1 cm³/mol. The summed E-state index contributed by atoms with van der Waals surface area (Å²) in [4.78, 5) is 16.4. The van der Waals surface area contributed by atoms with Gasteiger partial charge in [-0.05, 0) is 25.2 Å². The van der Waals surface area contributed by atoms with Crippen molar-refractivity contribution in [2.75, 3.05) is 50.8 Å². The van der Waals surface area contributed by atoms with Gasteiger partial charge >= 0.3 is 0 Å². The van der Waals surface area contributed by atoms with Crippen molar-refractivity contribution >= 4 is 33.2 Å². The van der Waals surface area contributed by atoms with Crippen LogP contribution >= 0.6 is 11.6 Å². The molecule has 6 nitrogen and oxygen atoms in total. The summed E-state index contributed by atoms with van der Waals surface area (Å²) in [6, 6.07) is 4.68. The van der Waals surface area contributed by atoms with Crippen molar-refractivity contribution in [1.82, 2.24) is 9.80 Å². The number of nitrogens with zero attached hydrogens (tertiary/aromatic N) is 3. The number of sulfonamides is 1. The Hall–Kier alpha value is -1.31. The second kappa shape index (κ2) is 6.44. The number of carbonyl (C=O) groups excluding carboxylic acids is 1. The van der Waals surface area contributed by atoms with E-state index in [1.165, 1.54) is 13.1 Å². The Morgan fingerprint density at radius 1 is 1.23 bits per heavy atom. The zero-order chi connectivity index (χ0) is 16.5. The van der Waals surface area contributed by atoms with E-state index in [2.05, 4.69) is 4.90 Å². The van der Waals surface area contributed by atoms with Crippen molar-refractivity contribution in [3.63, 3.8) is 0 Å². The smallest absolute Gasteiger partial charge is 0.255 e. The molecule has 1 saturated heterocycles. The van der Waals surface area contributed by atoms with Gasteiger partial charge in [-0.2, -0.15) is 0 Å². The normalized spacial score (nSPS) is 16.6. The summed E-state index contributed by atoms with van der Waals surface area (Å²) in [5, 5.41) is 0.261. The molecule has 0 atom stereocenters. The van der Waals surface area contributed by atoms with Gasteiger partial charge in [-0.3, -0.25) is 9.10 Å². The average Bonchev–Trinajstić information content (AvgIpc) is 2.45. The van der Waals surface area contributed by atoms with Crippen LogP contribution in [0.2, 0.25) is 5.02 Å². The monoisotopic (exact) mass is 345 g/mol. The largest absolute Gasteiger partial charge is 0.336 e. The van der Waals surface area contributed by atoms with Crippen molar-refractivity contribution in [2.45, 2.75) is 0 Å². The van der Waals surface area contributed by atoms with Gasteiger partial charge in [0.15, 0.2) is 0 Å². The molecule has 1 heterocycles. The molecule has 22 heavy (non-hydrogen) atoms. The fourth-order valence-electron chi connectivity index (χ4n) is 2.24. The summed E-state index contributed by atoms with van der Waals surface area (Å²) in [7, 11) is 0.107. The zero-order valence-corrected chi connectivity index (χ0v) is 14.5. The number of piperazine rings is 1. The molecule has 0 N–H and O–H groups in total. The molecule has 1 aromatic rings. The van der Waals surface area contributed by atoms with E-state index in [0.29, 0.717) is 24.3 Å². The van der Waals surface area contributed by atoms with Crippen LogP contribution in [-0.2, 0) is 10.0 Å². The number of amides is 1. The third-order valence-corrected chi connectivity index (χ3v) is 5.35. The molecule has 1 aliphatic rings. The molecule has 1 amide bonds. The van der Waals surface area contributed by atoms with Crippen molar-refractivity contribution in [3.8, 4) is 0 Å². The Morgan fingerprint density at radius 3 is 2.32 bits per heavy atom. The van der Waals surface area contributed by atoms with E-state index < -0.39 is 10.0 Å². The lowest BCUT2D eigenvalue weighted by Gasteiger charge is -2.32. The predicted octanol–water partition coefficient (Wildman–Crippen LogP) is 1.12. The van der Waals surface area contributed by atoms with Crippen molar-refractivity contribution in [1.29, 1.82) is 0 Å². The molecular weight excluding hydrogens is 326 g/mol. The Labute approximate surface area is 136 Å². The Balaban J connectivity index is 2.21. The molecule has 0 unspecified atom stereocenters. The molecular formula is C14H20ClN3O3S. The van der Waals surface area contributed by atoms with Crippen LogP contribution in [0.1, 0.15) is 10.4 Å². The van der Waals surface area contributed by atoms with Crippen LogP contribution in [0.3, 0.4) is 0 Å². The summed E-state index contributed by atoms with van der Waals surface area (Å²) in [6.45, 7) is 2.99. The van der Waals surface area contributed by atoms with Gasteiger partial charge in [0.05, 0.1) is 22.5 Å². The highest BCUT2D eigenvalue weighted by Crippen LogP contribution is 2.25. The van der Waals surface area contributed by atoms with Gasteiger partial charge in [-0.25, -0.2) is 8.42 Å². The molecule has 0 bridgehead atoms. The maximum atomic E-state index is 12.5. The zero-order valence-electron chi connectivity index (χ0n) is 12.9. The number of benzene rings is 1. The minimum atomic E-state index is -3.36. The highest BCUT2D eigenvalue weighted by molar-refractivity contribution is 7.92. The summed E-state index contributed by atoms with van der Waals surface area (Å²) in [5.41, 5.74) is 0.833. The van der Waals surface area contributed by atoms with E-state index in [-0.39, 0.29) is 10.9 Å². The van der Waals surface area contributed by atoms with E-state index >= 15 is 0 Å². The van der Waals surface area contributed by atoms with Gasteiger partial charge in [0.2, 0.25) is 10.0 Å². The Morgan fingerprint density at radius 2 is 1.82 bits per heavy atom. The van der Waals surface area contributed by atoms with Gasteiger partial charge in [-0.15, -0.1) is 0 Å². The molecule has 1 fully saturated rings. The third-order valence-electron chi connectivity index (χ3n) is 3.83. The third kappa shape index (κ3) is 3.71. The molecule has 1 aliphatic heterocycles. The van der Waals surface area contributed by atoms with Gasteiger partial charge in [0, 0.05) is 33.2 Å². The minimum Gasteiger partial charge on any atom is -0.336 e. The van der Waals surface area contributed by atoms with Gasteiger partial charge in [-0.1, -0.05) is 11.6 Å². The van der Waals surface area contributed by atoms with Crippen molar-refractivity contribution in [3.05, 3.63) is 28.8 Å². The number of anilines is 1. The molecule has 8 heteroatoms. The van der Waals surface area contributed by atoms with Crippen LogP contribution in [0.4, 0.5) is 5.69 Å². The molecule has 122 valence electrons. The first-order valence-corrected chi connectivity index (χ1v) is 9.14. The van der Waals surface area contributed by atoms with Gasteiger partial charge in [0.1, 0.15) is 0 Å². The lowest BCUT2D eigenvalue weighted by molar-refractivity contribution is 0.0664. The Kier molecular flexibility index (Phi) is 4.99. The number of halogens is 1. The topological polar surface area (TPSA) is 60.9 Å². The van der Waals surface area contributed by atoms with Crippen LogP contribution in [0.15, 0.2) is 18.2 Å². The van der Waals surface area contributed by atoms with Crippen LogP contribution in [0.25, 0.3) is 0 Å². The van der Waals surface area contributed by atoms with E-state index in [0.717, 1.165) is 23.7 Å². The highest BCUT2D eigenvalue weighted by atomic mass is 35.5. The summed E-state index contributed by atoms with van der Waals surface area (Å²) in [6.07, 6.45) is 1.12. The van der Waals surface area contributed by atoms with Crippen LogP contribution in [0, 0.1) is 0 Å². The van der Waals surface area contributed by atoms with Crippen LogP contribution in [-0.4, -0.2) is 70.7 Å². The summed E-state index contributed by atoms with van der Waals surface area (Å²) in [5.74, 6) is -0.119. The molecule has 0 aromatic heterocycles. The molecule has 2 rings (SSSR count). The number of carbonyl (C=O) groups is 1. The SMILES string of the molecule is CN1CCN(C(=O)c2ccc(N(C)S(C)(=O)=O)cc2Cl)CC1.